The number of hydrogen-bond acceptors (Lipinski definition) is 3. The molecule has 0 atom stereocenters. The van der Waals surface area contributed by atoms with Crippen LogP contribution in [0.4, 0.5) is 4.39 Å². The number of fused-ring (bicyclic) bond motifs is 1. The van der Waals surface area contributed by atoms with Gasteiger partial charge in [0.25, 0.3) is 0 Å². The summed E-state index contributed by atoms with van der Waals surface area (Å²) in [6.07, 6.45) is 2.03. The van der Waals surface area contributed by atoms with Crippen LogP contribution in [0.25, 0.3) is 10.2 Å². The minimum atomic E-state index is -0.213. The molecule has 1 aromatic heterocycles. The molecule has 0 unspecified atom stereocenters. The van der Waals surface area contributed by atoms with E-state index in [1.807, 2.05) is 7.05 Å². The second kappa shape index (κ2) is 4.68. The third-order valence-electron chi connectivity index (χ3n) is 2.21. The summed E-state index contributed by atoms with van der Waals surface area (Å²) in [6.45, 7) is 0.990. The molecule has 0 aliphatic rings. The number of hydrogen-bond donors (Lipinski definition) is 1. The summed E-state index contributed by atoms with van der Waals surface area (Å²) in [7, 11) is 1.94. The van der Waals surface area contributed by atoms with Crippen LogP contribution < -0.4 is 5.32 Å². The molecule has 0 saturated carbocycles. The molecule has 80 valence electrons. The first kappa shape index (κ1) is 10.5. The van der Waals surface area contributed by atoms with Crippen molar-refractivity contribution < 1.29 is 4.39 Å². The predicted octanol–water partition coefficient (Wildman–Crippen LogP) is 2.59. The van der Waals surface area contributed by atoms with Crippen molar-refractivity contribution in [2.75, 3.05) is 13.6 Å². The fraction of sp³-hybridized carbons (Fsp3) is 0.364. The average molecular weight is 224 g/mol. The number of nitrogens with one attached hydrogen (secondary N) is 1. The van der Waals surface area contributed by atoms with E-state index in [1.165, 1.54) is 12.1 Å². The van der Waals surface area contributed by atoms with Crippen molar-refractivity contribution in [2.24, 2.45) is 0 Å². The topological polar surface area (TPSA) is 24.9 Å². The maximum atomic E-state index is 12.9. The minimum Gasteiger partial charge on any atom is -0.320 e. The SMILES string of the molecule is CNCCCc1nc2cc(F)ccc2s1. The Morgan fingerprint density at radius 3 is 3.13 bits per heavy atom. The van der Waals surface area contributed by atoms with Crippen molar-refractivity contribution in [3.8, 4) is 0 Å². The number of thiazole rings is 1. The fourth-order valence-corrected chi connectivity index (χ4v) is 2.46. The molecule has 0 amide bonds. The normalized spacial score (nSPS) is 11.1. The molecule has 0 fully saturated rings. The van der Waals surface area contributed by atoms with Crippen LogP contribution in [0.15, 0.2) is 18.2 Å². The molecule has 1 N–H and O–H groups in total. The number of rotatable bonds is 4. The van der Waals surface area contributed by atoms with Crippen LogP contribution in [0, 0.1) is 5.82 Å². The lowest BCUT2D eigenvalue weighted by molar-refractivity contribution is 0.629. The molecule has 0 radical (unpaired) electrons. The summed E-state index contributed by atoms with van der Waals surface area (Å²) in [5.41, 5.74) is 0.777. The third kappa shape index (κ3) is 2.52. The van der Waals surface area contributed by atoms with E-state index >= 15 is 0 Å². The molecule has 2 rings (SSSR count). The van der Waals surface area contributed by atoms with Gasteiger partial charge in [-0.3, -0.25) is 0 Å². The molecule has 2 nitrogen and oxygen atoms in total. The maximum Gasteiger partial charge on any atom is 0.125 e. The summed E-state index contributed by atoms with van der Waals surface area (Å²) in [6, 6.07) is 4.77. The Hall–Kier alpha value is -1.00. The zero-order valence-corrected chi connectivity index (χ0v) is 9.40. The van der Waals surface area contributed by atoms with Gasteiger partial charge in [0, 0.05) is 12.5 Å². The highest BCUT2D eigenvalue weighted by molar-refractivity contribution is 7.18. The Bertz CT molecular complexity index is 453. The molecule has 2 aromatic rings. The molecule has 0 aliphatic heterocycles. The molecule has 0 aliphatic carbocycles. The number of benzene rings is 1. The second-order valence-corrected chi connectivity index (χ2v) is 4.54. The summed E-state index contributed by atoms with van der Waals surface area (Å²) >= 11 is 1.65. The van der Waals surface area contributed by atoms with E-state index in [2.05, 4.69) is 10.3 Å². The van der Waals surface area contributed by atoms with Crippen LogP contribution in [0.1, 0.15) is 11.4 Å². The molecule has 1 aromatic carbocycles. The third-order valence-corrected chi connectivity index (χ3v) is 3.31. The Kier molecular flexibility index (Phi) is 3.28. The van der Waals surface area contributed by atoms with Crippen LogP contribution >= 0.6 is 11.3 Å². The van der Waals surface area contributed by atoms with Crippen LogP contribution in [0.5, 0.6) is 0 Å². The highest BCUT2D eigenvalue weighted by atomic mass is 32.1. The van der Waals surface area contributed by atoms with Gasteiger partial charge in [0.05, 0.1) is 15.2 Å². The Balaban J connectivity index is 2.16. The van der Waals surface area contributed by atoms with E-state index < -0.39 is 0 Å². The van der Waals surface area contributed by atoms with Gasteiger partial charge in [0.1, 0.15) is 5.82 Å². The van der Waals surface area contributed by atoms with Gasteiger partial charge >= 0.3 is 0 Å². The van der Waals surface area contributed by atoms with Gasteiger partial charge in [0.2, 0.25) is 0 Å². The van der Waals surface area contributed by atoms with E-state index in [4.69, 9.17) is 0 Å². The number of nitrogens with zero attached hydrogens (tertiary/aromatic N) is 1. The highest BCUT2D eigenvalue weighted by Gasteiger charge is 2.04. The largest absolute Gasteiger partial charge is 0.320 e. The fourth-order valence-electron chi connectivity index (χ4n) is 1.47. The smallest absolute Gasteiger partial charge is 0.125 e. The standard InChI is InChI=1S/C11H13FN2S/c1-13-6-2-3-11-14-9-7-8(12)4-5-10(9)15-11/h4-5,7,13H,2-3,6H2,1H3. The van der Waals surface area contributed by atoms with Gasteiger partial charge in [-0.2, -0.15) is 0 Å². The summed E-state index contributed by atoms with van der Waals surface area (Å²) in [5, 5.41) is 4.19. The van der Waals surface area contributed by atoms with Gasteiger partial charge in [-0.25, -0.2) is 9.37 Å². The molecule has 15 heavy (non-hydrogen) atoms. The van der Waals surface area contributed by atoms with Crippen molar-refractivity contribution in [3.05, 3.63) is 29.0 Å². The summed E-state index contributed by atoms with van der Waals surface area (Å²) in [4.78, 5) is 4.40. The zero-order chi connectivity index (χ0) is 10.7. The molecule has 0 spiro atoms. The lowest BCUT2D eigenvalue weighted by Crippen LogP contribution is -2.08. The van der Waals surface area contributed by atoms with Crippen LogP contribution in [-0.2, 0) is 6.42 Å². The average Bonchev–Trinajstić information content (AvgIpc) is 2.60. The predicted molar refractivity (Wildman–Crippen MR) is 61.8 cm³/mol. The first-order valence-electron chi connectivity index (χ1n) is 4.99. The second-order valence-electron chi connectivity index (χ2n) is 3.43. The maximum absolute atomic E-state index is 12.9. The first-order valence-corrected chi connectivity index (χ1v) is 5.81. The molecule has 1 heterocycles. The van der Waals surface area contributed by atoms with Crippen molar-refractivity contribution in [1.29, 1.82) is 0 Å². The van der Waals surface area contributed by atoms with Gasteiger partial charge in [-0.15, -0.1) is 11.3 Å². The quantitative estimate of drug-likeness (QED) is 0.807. The Morgan fingerprint density at radius 1 is 1.47 bits per heavy atom. The van der Waals surface area contributed by atoms with E-state index in [-0.39, 0.29) is 5.82 Å². The van der Waals surface area contributed by atoms with Crippen LogP contribution in [0.3, 0.4) is 0 Å². The van der Waals surface area contributed by atoms with Crippen molar-refractivity contribution in [3.63, 3.8) is 0 Å². The summed E-state index contributed by atoms with van der Waals surface area (Å²) in [5.74, 6) is -0.213. The Labute approximate surface area is 92.1 Å². The van der Waals surface area contributed by atoms with Crippen molar-refractivity contribution in [1.82, 2.24) is 10.3 Å². The van der Waals surface area contributed by atoms with Crippen molar-refractivity contribution >= 4 is 21.6 Å². The van der Waals surface area contributed by atoms with E-state index in [1.54, 1.807) is 17.4 Å². The van der Waals surface area contributed by atoms with E-state index in [0.29, 0.717) is 0 Å². The van der Waals surface area contributed by atoms with Gasteiger partial charge in [-0.1, -0.05) is 0 Å². The van der Waals surface area contributed by atoms with E-state index in [0.717, 1.165) is 34.6 Å². The van der Waals surface area contributed by atoms with Gasteiger partial charge in [-0.05, 0) is 32.1 Å². The minimum absolute atomic E-state index is 0.213. The molecular weight excluding hydrogens is 211 g/mol. The lowest BCUT2D eigenvalue weighted by atomic mass is 10.3. The molecule has 0 bridgehead atoms. The molecule has 0 saturated heterocycles. The van der Waals surface area contributed by atoms with Crippen LogP contribution in [-0.4, -0.2) is 18.6 Å². The monoisotopic (exact) mass is 224 g/mol. The zero-order valence-electron chi connectivity index (χ0n) is 8.59. The highest BCUT2D eigenvalue weighted by Crippen LogP contribution is 2.23. The molecular formula is C11H13FN2S. The van der Waals surface area contributed by atoms with E-state index in [9.17, 15) is 4.39 Å². The molecule has 4 heteroatoms. The Morgan fingerprint density at radius 2 is 2.33 bits per heavy atom. The van der Waals surface area contributed by atoms with Gasteiger partial charge < -0.3 is 5.32 Å². The number of aromatic nitrogens is 1. The first-order chi connectivity index (χ1) is 7.29. The lowest BCUT2D eigenvalue weighted by Gasteiger charge is -1.94. The van der Waals surface area contributed by atoms with Gasteiger partial charge in [0.15, 0.2) is 0 Å². The summed E-state index contributed by atoms with van der Waals surface area (Å²) < 4.78 is 14.0. The van der Waals surface area contributed by atoms with Crippen molar-refractivity contribution in [2.45, 2.75) is 12.8 Å². The number of halogens is 1. The number of aryl methyl sites for hydroxylation is 1. The van der Waals surface area contributed by atoms with Crippen LogP contribution in [0.2, 0.25) is 0 Å².